The van der Waals surface area contributed by atoms with Gasteiger partial charge in [-0.05, 0) is 30.7 Å². The molecule has 0 aliphatic carbocycles. The van der Waals surface area contributed by atoms with Gasteiger partial charge in [-0.25, -0.2) is 9.97 Å². The first-order chi connectivity index (χ1) is 8.29. The van der Waals surface area contributed by atoms with Crippen molar-refractivity contribution in [3.05, 3.63) is 54.0 Å². The summed E-state index contributed by atoms with van der Waals surface area (Å²) in [5, 5.41) is 12.0. The maximum Gasteiger partial charge on any atom is 0.129 e. The van der Waals surface area contributed by atoms with E-state index in [1.54, 1.807) is 6.20 Å². The summed E-state index contributed by atoms with van der Waals surface area (Å²) in [5.41, 5.74) is 1.78. The summed E-state index contributed by atoms with van der Waals surface area (Å²) < 4.78 is 0. The number of hydrogen-bond acceptors (Lipinski definition) is 4. The van der Waals surface area contributed by atoms with Crippen LogP contribution in [0.15, 0.2) is 42.9 Å². The average Bonchev–Trinajstić information content (AvgIpc) is 2.40. The van der Waals surface area contributed by atoms with Gasteiger partial charge in [0.2, 0.25) is 0 Å². The average molecular weight is 224 g/mol. The fourth-order valence-corrected chi connectivity index (χ4v) is 1.53. The van der Waals surface area contributed by atoms with Gasteiger partial charge in [-0.3, -0.25) is 0 Å². The minimum atomic E-state index is 0.137. The first-order valence-electron chi connectivity index (χ1n) is 5.32. The minimum absolute atomic E-state index is 0.137. The van der Waals surface area contributed by atoms with E-state index in [4.69, 9.17) is 5.26 Å². The van der Waals surface area contributed by atoms with Crippen LogP contribution in [0, 0.1) is 11.3 Å². The lowest BCUT2D eigenvalue weighted by Gasteiger charge is -2.14. The highest BCUT2D eigenvalue weighted by Crippen LogP contribution is 2.17. The van der Waals surface area contributed by atoms with Crippen molar-refractivity contribution in [2.24, 2.45) is 0 Å². The Morgan fingerprint density at radius 1 is 1.24 bits per heavy atom. The lowest BCUT2D eigenvalue weighted by atomic mass is 10.1. The maximum absolute atomic E-state index is 8.72. The molecule has 2 rings (SSSR count). The normalized spacial score (nSPS) is 11.5. The van der Waals surface area contributed by atoms with Gasteiger partial charge in [-0.2, -0.15) is 5.26 Å². The van der Waals surface area contributed by atoms with Crippen molar-refractivity contribution in [2.75, 3.05) is 5.32 Å². The second-order valence-corrected chi connectivity index (χ2v) is 3.69. The molecule has 1 aromatic heterocycles. The first kappa shape index (κ1) is 11.1. The van der Waals surface area contributed by atoms with Gasteiger partial charge in [0.15, 0.2) is 0 Å². The molecule has 1 atom stereocenters. The molecule has 0 spiro atoms. The van der Waals surface area contributed by atoms with Crippen molar-refractivity contribution in [1.82, 2.24) is 9.97 Å². The summed E-state index contributed by atoms with van der Waals surface area (Å²) in [6, 6.07) is 11.6. The number of benzene rings is 1. The SMILES string of the molecule is CC(Nc1ccncn1)c1ccc(C#N)cc1. The summed E-state index contributed by atoms with van der Waals surface area (Å²) in [7, 11) is 0. The van der Waals surface area contributed by atoms with Crippen LogP contribution in [-0.4, -0.2) is 9.97 Å². The fraction of sp³-hybridized carbons (Fsp3) is 0.154. The van der Waals surface area contributed by atoms with E-state index >= 15 is 0 Å². The molecule has 4 heteroatoms. The quantitative estimate of drug-likeness (QED) is 0.870. The zero-order chi connectivity index (χ0) is 12.1. The van der Waals surface area contributed by atoms with Gasteiger partial charge in [-0.1, -0.05) is 12.1 Å². The monoisotopic (exact) mass is 224 g/mol. The van der Waals surface area contributed by atoms with Crippen LogP contribution < -0.4 is 5.32 Å². The number of nitrogens with one attached hydrogen (secondary N) is 1. The Hall–Kier alpha value is -2.41. The Labute approximate surface area is 100.0 Å². The van der Waals surface area contributed by atoms with E-state index < -0.39 is 0 Å². The van der Waals surface area contributed by atoms with Gasteiger partial charge >= 0.3 is 0 Å². The first-order valence-corrected chi connectivity index (χ1v) is 5.32. The van der Waals surface area contributed by atoms with E-state index in [0.717, 1.165) is 11.4 Å². The zero-order valence-corrected chi connectivity index (χ0v) is 9.46. The molecular formula is C13H12N4. The van der Waals surface area contributed by atoms with Crippen molar-refractivity contribution in [2.45, 2.75) is 13.0 Å². The predicted molar refractivity (Wildman–Crippen MR) is 65.2 cm³/mol. The predicted octanol–water partition coefficient (Wildman–Crippen LogP) is 2.52. The second-order valence-electron chi connectivity index (χ2n) is 3.69. The molecule has 4 nitrogen and oxygen atoms in total. The molecule has 0 amide bonds. The van der Waals surface area contributed by atoms with E-state index in [1.807, 2.05) is 37.3 Å². The van der Waals surface area contributed by atoms with Crippen LogP contribution in [-0.2, 0) is 0 Å². The summed E-state index contributed by atoms with van der Waals surface area (Å²) in [5.74, 6) is 0.789. The highest BCUT2D eigenvalue weighted by atomic mass is 15.0. The number of aromatic nitrogens is 2. The van der Waals surface area contributed by atoms with Crippen LogP contribution in [0.5, 0.6) is 0 Å². The highest BCUT2D eigenvalue weighted by molar-refractivity contribution is 5.38. The minimum Gasteiger partial charge on any atom is -0.363 e. The molecule has 0 aliphatic heterocycles. The van der Waals surface area contributed by atoms with Crippen molar-refractivity contribution in [3.63, 3.8) is 0 Å². The van der Waals surface area contributed by atoms with Crippen molar-refractivity contribution in [3.8, 4) is 6.07 Å². The van der Waals surface area contributed by atoms with Gasteiger partial charge in [0.25, 0.3) is 0 Å². The smallest absolute Gasteiger partial charge is 0.129 e. The molecule has 1 unspecified atom stereocenters. The number of rotatable bonds is 3. The summed E-state index contributed by atoms with van der Waals surface area (Å²) in [6.45, 7) is 2.05. The maximum atomic E-state index is 8.72. The lowest BCUT2D eigenvalue weighted by Crippen LogP contribution is -2.07. The molecule has 0 radical (unpaired) electrons. The standard InChI is InChI=1S/C13H12N4/c1-10(17-13-6-7-15-9-16-13)12-4-2-11(8-14)3-5-12/h2-7,9-10H,1H3,(H,15,16,17). The Morgan fingerprint density at radius 2 is 2.00 bits per heavy atom. The van der Waals surface area contributed by atoms with Crippen molar-refractivity contribution >= 4 is 5.82 Å². The van der Waals surface area contributed by atoms with Crippen LogP contribution in [0.3, 0.4) is 0 Å². The molecule has 1 heterocycles. The Bertz CT molecular complexity index is 513. The molecule has 0 aliphatic rings. The number of hydrogen-bond donors (Lipinski definition) is 1. The summed E-state index contributed by atoms with van der Waals surface area (Å²) >= 11 is 0. The molecule has 0 bridgehead atoms. The van der Waals surface area contributed by atoms with Crippen molar-refractivity contribution in [1.29, 1.82) is 5.26 Å². The van der Waals surface area contributed by atoms with E-state index in [-0.39, 0.29) is 6.04 Å². The van der Waals surface area contributed by atoms with Gasteiger partial charge < -0.3 is 5.32 Å². The van der Waals surface area contributed by atoms with Crippen LogP contribution in [0.4, 0.5) is 5.82 Å². The molecule has 1 aromatic carbocycles. The molecule has 0 fully saturated rings. The molecule has 2 aromatic rings. The van der Waals surface area contributed by atoms with Gasteiger partial charge in [0.05, 0.1) is 11.6 Å². The molecule has 17 heavy (non-hydrogen) atoms. The van der Waals surface area contributed by atoms with Crippen molar-refractivity contribution < 1.29 is 0 Å². The zero-order valence-electron chi connectivity index (χ0n) is 9.46. The number of nitriles is 1. The molecule has 84 valence electrons. The van der Waals surface area contributed by atoms with Crippen LogP contribution in [0.2, 0.25) is 0 Å². The summed E-state index contributed by atoms with van der Waals surface area (Å²) in [6.07, 6.45) is 3.20. The Morgan fingerprint density at radius 3 is 2.59 bits per heavy atom. The van der Waals surface area contributed by atoms with Crippen LogP contribution in [0.25, 0.3) is 0 Å². The lowest BCUT2D eigenvalue weighted by molar-refractivity contribution is 0.871. The third kappa shape index (κ3) is 2.79. The van der Waals surface area contributed by atoms with Gasteiger partial charge in [0.1, 0.15) is 12.1 Å². The molecule has 0 saturated carbocycles. The van der Waals surface area contributed by atoms with Gasteiger partial charge in [-0.15, -0.1) is 0 Å². The van der Waals surface area contributed by atoms with E-state index in [9.17, 15) is 0 Å². The Kier molecular flexibility index (Phi) is 3.31. The Balaban J connectivity index is 2.10. The summed E-state index contributed by atoms with van der Waals surface area (Å²) in [4.78, 5) is 7.96. The van der Waals surface area contributed by atoms with Crippen LogP contribution in [0.1, 0.15) is 24.1 Å². The molecule has 1 N–H and O–H groups in total. The van der Waals surface area contributed by atoms with E-state index in [2.05, 4.69) is 21.4 Å². The largest absolute Gasteiger partial charge is 0.363 e. The topological polar surface area (TPSA) is 61.6 Å². The van der Waals surface area contributed by atoms with Crippen LogP contribution >= 0.6 is 0 Å². The molecule has 0 saturated heterocycles. The van der Waals surface area contributed by atoms with E-state index in [0.29, 0.717) is 5.56 Å². The van der Waals surface area contributed by atoms with Gasteiger partial charge in [0, 0.05) is 12.2 Å². The molecular weight excluding hydrogens is 212 g/mol. The third-order valence-electron chi connectivity index (χ3n) is 2.49. The number of anilines is 1. The highest BCUT2D eigenvalue weighted by Gasteiger charge is 2.05. The third-order valence-corrected chi connectivity index (χ3v) is 2.49. The fourth-order valence-electron chi connectivity index (χ4n) is 1.53. The second kappa shape index (κ2) is 5.08. The van der Waals surface area contributed by atoms with E-state index in [1.165, 1.54) is 6.33 Å². The number of nitrogens with zero attached hydrogens (tertiary/aromatic N) is 3.